The topological polar surface area (TPSA) is 60.4 Å². The minimum atomic E-state index is -2.00. The van der Waals surface area contributed by atoms with E-state index < -0.39 is 11.1 Å². The summed E-state index contributed by atoms with van der Waals surface area (Å²) < 4.78 is 20.4. The van der Waals surface area contributed by atoms with E-state index in [2.05, 4.69) is 0 Å². The number of benzene rings is 1. The number of hydrogen-bond donors (Lipinski definition) is 1. The van der Waals surface area contributed by atoms with Crippen LogP contribution in [0.3, 0.4) is 0 Å². The molecule has 0 bridgehead atoms. The number of phenolic OH excluding ortho intramolecular Hbond substituents is 1. The Labute approximate surface area is 73.3 Å². The lowest BCUT2D eigenvalue weighted by Gasteiger charge is -2.04. The molecular weight excluding hydrogens is 176 g/mol. The summed E-state index contributed by atoms with van der Waals surface area (Å²) in [7, 11) is 0. The van der Waals surface area contributed by atoms with Crippen molar-refractivity contribution in [1.82, 2.24) is 0 Å². The van der Waals surface area contributed by atoms with E-state index in [4.69, 9.17) is 5.11 Å². The molecule has 0 aromatic heterocycles. The fraction of sp³-hybridized carbons (Fsp3) is 0.250. The number of rotatable bonds is 3. The zero-order chi connectivity index (χ0) is 8.97. The number of aromatic hydroxyl groups is 1. The quantitative estimate of drug-likeness (QED) is 0.709. The Bertz CT molecular complexity index is 285. The Morgan fingerprint density at radius 2 is 2.25 bits per heavy atom. The molecule has 3 nitrogen and oxygen atoms in total. The van der Waals surface area contributed by atoms with Gasteiger partial charge < -0.3 is 9.66 Å². The maximum Gasteiger partial charge on any atom is 0.115 e. The van der Waals surface area contributed by atoms with Gasteiger partial charge in [0.2, 0.25) is 0 Å². The smallest absolute Gasteiger partial charge is 0.115 e. The van der Waals surface area contributed by atoms with Crippen molar-refractivity contribution in [2.45, 2.75) is 6.42 Å². The van der Waals surface area contributed by atoms with Crippen molar-refractivity contribution in [3.8, 4) is 5.75 Å². The molecular formula is C8H9O3S-. The molecule has 0 heterocycles. The van der Waals surface area contributed by atoms with Gasteiger partial charge in [-0.05, 0) is 24.1 Å². The molecule has 0 aliphatic carbocycles. The van der Waals surface area contributed by atoms with Crippen LogP contribution in [0.2, 0.25) is 0 Å². The second-order valence-corrected chi connectivity index (χ2v) is 3.44. The molecule has 0 radical (unpaired) electrons. The van der Waals surface area contributed by atoms with E-state index in [1.165, 1.54) is 0 Å². The maximum absolute atomic E-state index is 10.2. The molecule has 0 spiro atoms. The molecule has 12 heavy (non-hydrogen) atoms. The molecule has 0 saturated heterocycles. The normalized spacial score (nSPS) is 12.8. The SMILES string of the molecule is O=S([O-])CCc1cccc(O)c1. The van der Waals surface area contributed by atoms with E-state index >= 15 is 0 Å². The first-order chi connectivity index (χ1) is 5.68. The lowest BCUT2D eigenvalue weighted by molar-refractivity contribution is 0.474. The predicted octanol–water partition coefficient (Wildman–Crippen LogP) is 0.814. The number of aryl methyl sites for hydroxylation is 1. The molecule has 1 aromatic rings. The van der Waals surface area contributed by atoms with Crippen LogP contribution in [0.5, 0.6) is 5.75 Å². The van der Waals surface area contributed by atoms with E-state index in [0.717, 1.165) is 5.56 Å². The number of hydrogen-bond acceptors (Lipinski definition) is 3. The van der Waals surface area contributed by atoms with Crippen LogP contribution in [0.1, 0.15) is 5.56 Å². The van der Waals surface area contributed by atoms with Gasteiger partial charge in [-0.3, -0.25) is 4.21 Å². The average Bonchev–Trinajstić information content (AvgIpc) is 2.01. The van der Waals surface area contributed by atoms with Crippen LogP contribution >= 0.6 is 0 Å². The summed E-state index contributed by atoms with van der Waals surface area (Å²) in [6.45, 7) is 0. The van der Waals surface area contributed by atoms with Crippen molar-refractivity contribution < 1.29 is 13.9 Å². The van der Waals surface area contributed by atoms with Gasteiger partial charge in [0.25, 0.3) is 0 Å². The molecule has 0 aliphatic rings. The average molecular weight is 185 g/mol. The molecule has 4 heteroatoms. The van der Waals surface area contributed by atoms with Gasteiger partial charge in [-0.1, -0.05) is 23.2 Å². The first-order valence-corrected chi connectivity index (χ1v) is 4.76. The molecule has 1 N–H and O–H groups in total. The molecule has 1 aromatic carbocycles. The minimum Gasteiger partial charge on any atom is -0.772 e. The standard InChI is InChI=1S/C8H10O3S/c9-8-3-1-2-7(6-8)4-5-12(10)11/h1-3,6,9H,4-5H2,(H,10,11)/p-1. The maximum atomic E-state index is 10.2. The number of phenols is 1. The molecule has 66 valence electrons. The minimum absolute atomic E-state index is 0.101. The van der Waals surface area contributed by atoms with Gasteiger partial charge in [0.15, 0.2) is 0 Å². The van der Waals surface area contributed by atoms with E-state index in [-0.39, 0.29) is 11.5 Å². The van der Waals surface area contributed by atoms with Crippen LogP contribution in [0, 0.1) is 0 Å². The van der Waals surface area contributed by atoms with Crippen molar-refractivity contribution in [3.63, 3.8) is 0 Å². The summed E-state index contributed by atoms with van der Waals surface area (Å²) in [5, 5.41) is 9.02. The summed E-state index contributed by atoms with van der Waals surface area (Å²) in [5.74, 6) is 0.271. The highest BCUT2D eigenvalue weighted by atomic mass is 32.2. The third-order valence-electron chi connectivity index (χ3n) is 1.47. The first-order valence-electron chi connectivity index (χ1n) is 3.52. The van der Waals surface area contributed by atoms with Crippen molar-refractivity contribution >= 4 is 11.1 Å². The van der Waals surface area contributed by atoms with Gasteiger partial charge in [0.05, 0.1) is 0 Å². The third-order valence-corrected chi connectivity index (χ3v) is 2.01. The molecule has 0 fully saturated rings. The van der Waals surface area contributed by atoms with E-state index in [0.29, 0.717) is 6.42 Å². The predicted molar refractivity (Wildman–Crippen MR) is 45.6 cm³/mol. The van der Waals surface area contributed by atoms with Gasteiger partial charge in [-0.2, -0.15) is 0 Å². The van der Waals surface area contributed by atoms with Gasteiger partial charge in [0.1, 0.15) is 5.75 Å². The van der Waals surface area contributed by atoms with Crippen LogP contribution in [0.25, 0.3) is 0 Å². The van der Waals surface area contributed by atoms with E-state index in [1.54, 1.807) is 24.3 Å². The van der Waals surface area contributed by atoms with Crippen LogP contribution in [-0.2, 0) is 17.5 Å². The molecule has 0 aliphatic heterocycles. The monoisotopic (exact) mass is 185 g/mol. The van der Waals surface area contributed by atoms with Crippen LogP contribution < -0.4 is 0 Å². The van der Waals surface area contributed by atoms with Crippen molar-refractivity contribution in [2.24, 2.45) is 0 Å². The molecule has 0 saturated carbocycles. The Morgan fingerprint density at radius 1 is 1.50 bits per heavy atom. The highest BCUT2D eigenvalue weighted by molar-refractivity contribution is 7.79. The van der Waals surface area contributed by atoms with Crippen LogP contribution in [-0.4, -0.2) is 19.6 Å². The second-order valence-electron chi connectivity index (χ2n) is 2.43. The van der Waals surface area contributed by atoms with Crippen molar-refractivity contribution in [2.75, 3.05) is 5.75 Å². The Kier molecular flexibility index (Phi) is 3.25. The van der Waals surface area contributed by atoms with Crippen molar-refractivity contribution in [3.05, 3.63) is 29.8 Å². The van der Waals surface area contributed by atoms with Gasteiger partial charge in [0, 0.05) is 5.75 Å². The summed E-state index contributed by atoms with van der Waals surface area (Å²) in [4.78, 5) is 0. The fourth-order valence-corrected chi connectivity index (χ4v) is 1.32. The zero-order valence-corrected chi connectivity index (χ0v) is 7.21. The molecule has 1 unspecified atom stereocenters. The third kappa shape index (κ3) is 3.02. The van der Waals surface area contributed by atoms with Crippen molar-refractivity contribution in [1.29, 1.82) is 0 Å². The molecule has 1 atom stereocenters. The lowest BCUT2D eigenvalue weighted by Crippen LogP contribution is -1.98. The molecule has 0 amide bonds. The van der Waals surface area contributed by atoms with Gasteiger partial charge in [-0.25, -0.2) is 0 Å². The summed E-state index contributed by atoms with van der Waals surface area (Å²) >= 11 is -2.00. The fourth-order valence-electron chi connectivity index (χ4n) is 0.913. The Balaban J connectivity index is 2.57. The first kappa shape index (κ1) is 9.22. The second kappa shape index (κ2) is 4.23. The van der Waals surface area contributed by atoms with Gasteiger partial charge in [-0.15, -0.1) is 0 Å². The highest BCUT2D eigenvalue weighted by Gasteiger charge is 1.93. The molecule has 1 rings (SSSR count). The largest absolute Gasteiger partial charge is 0.772 e. The summed E-state index contributed by atoms with van der Waals surface area (Å²) in [6, 6.07) is 6.59. The zero-order valence-electron chi connectivity index (χ0n) is 6.40. The van der Waals surface area contributed by atoms with E-state index in [1.807, 2.05) is 0 Å². The Morgan fingerprint density at radius 3 is 2.83 bits per heavy atom. The Hall–Kier alpha value is -0.870. The van der Waals surface area contributed by atoms with E-state index in [9.17, 15) is 8.76 Å². The summed E-state index contributed by atoms with van der Waals surface area (Å²) in [5.41, 5.74) is 0.833. The van der Waals surface area contributed by atoms with Crippen LogP contribution in [0.4, 0.5) is 0 Å². The lowest BCUT2D eigenvalue weighted by atomic mass is 10.2. The van der Waals surface area contributed by atoms with Crippen LogP contribution in [0.15, 0.2) is 24.3 Å². The van der Waals surface area contributed by atoms with Gasteiger partial charge >= 0.3 is 0 Å². The highest BCUT2D eigenvalue weighted by Crippen LogP contribution is 2.11. The summed E-state index contributed by atoms with van der Waals surface area (Å²) in [6.07, 6.45) is 0.449.